The van der Waals surface area contributed by atoms with Crippen LogP contribution in [0.3, 0.4) is 0 Å². The van der Waals surface area contributed by atoms with Crippen LogP contribution in [0.2, 0.25) is 0 Å². The van der Waals surface area contributed by atoms with E-state index < -0.39 is 0 Å². The van der Waals surface area contributed by atoms with Crippen LogP contribution in [-0.4, -0.2) is 29.3 Å². The molecule has 21 heavy (non-hydrogen) atoms. The maximum Gasteiger partial charge on any atom is 0.0606 e. The van der Waals surface area contributed by atoms with Gasteiger partial charge in [-0.05, 0) is 31.0 Å². The standard InChI is InChI=1S/C17H23N3O/c18-16-6-7-17(15-12-19-9-8-14(15)16)20(10-11-21)13-4-2-1-3-5-13/h6-9,12-13,21H,1-5,10-11,18H2. The Morgan fingerprint density at radius 3 is 2.71 bits per heavy atom. The van der Waals surface area contributed by atoms with Gasteiger partial charge in [0.2, 0.25) is 0 Å². The van der Waals surface area contributed by atoms with Crippen LogP contribution in [0, 0.1) is 0 Å². The van der Waals surface area contributed by atoms with Gasteiger partial charge in [-0.3, -0.25) is 4.98 Å². The summed E-state index contributed by atoms with van der Waals surface area (Å²) in [6.07, 6.45) is 9.94. The molecule has 1 heterocycles. The average Bonchev–Trinajstić information content (AvgIpc) is 2.55. The molecule has 2 aromatic rings. The lowest BCUT2D eigenvalue weighted by molar-refractivity contribution is 0.290. The number of aliphatic hydroxyl groups is 1. The molecule has 0 aliphatic heterocycles. The number of aliphatic hydroxyl groups excluding tert-OH is 1. The van der Waals surface area contributed by atoms with Crippen molar-refractivity contribution < 1.29 is 5.11 Å². The van der Waals surface area contributed by atoms with Gasteiger partial charge in [0.05, 0.1) is 6.61 Å². The number of hydrogen-bond acceptors (Lipinski definition) is 4. The molecule has 0 radical (unpaired) electrons. The molecule has 1 saturated carbocycles. The Kier molecular flexibility index (Phi) is 4.25. The number of rotatable bonds is 4. The molecule has 1 aromatic heterocycles. The van der Waals surface area contributed by atoms with Crippen molar-refractivity contribution in [3.8, 4) is 0 Å². The van der Waals surface area contributed by atoms with Crippen molar-refractivity contribution in [3.05, 3.63) is 30.6 Å². The zero-order valence-corrected chi connectivity index (χ0v) is 12.3. The van der Waals surface area contributed by atoms with E-state index in [1.165, 1.54) is 32.1 Å². The van der Waals surface area contributed by atoms with Crippen LogP contribution in [0.15, 0.2) is 30.6 Å². The summed E-state index contributed by atoms with van der Waals surface area (Å²) in [5, 5.41) is 11.6. The minimum absolute atomic E-state index is 0.169. The van der Waals surface area contributed by atoms with Gasteiger partial charge in [-0.15, -0.1) is 0 Å². The van der Waals surface area contributed by atoms with E-state index in [2.05, 4.69) is 16.0 Å². The first-order chi connectivity index (χ1) is 10.3. The number of hydrogen-bond donors (Lipinski definition) is 2. The fourth-order valence-electron chi connectivity index (χ4n) is 3.45. The first kappa shape index (κ1) is 14.1. The first-order valence-electron chi connectivity index (χ1n) is 7.81. The third-order valence-corrected chi connectivity index (χ3v) is 4.49. The highest BCUT2D eigenvalue weighted by molar-refractivity contribution is 6.00. The van der Waals surface area contributed by atoms with Crippen LogP contribution in [0.4, 0.5) is 11.4 Å². The van der Waals surface area contributed by atoms with E-state index >= 15 is 0 Å². The largest absolute Gasteiger partial charge is 0.398 e. The van der Waals surface area contributed by atoms with Crippen molar-refractivity contribution in [2.45, 2.75) is 38.1 Å². The van der Waals surface area contributed by atoms with Gasteiger partial charge in [-0.1, -0.05) is 19.3 Å². The number of nitrogen functional groups attached to an aromatic ring is 1. The molecule has 0 unspecified atom stereocenters. The Hall–Kier alpha value is -1.81. The second kappa shape index (κ2) is 6.31. The van der Waals surface area contributed by atoms with E-state index in [1.54, 1.807) is 6.20 Å². The summed E-state index contributed by atoms with van der Waals surface area (Å²) in [5.41, 5.74) is 8.01. The van der Waals surface area contributed by atoms with Crippen molar-refractivity contribution in [3.63, 3.8) is 0 Å². The highest BCUT2D eigenvalue weighted by Gasteiger charge is 2.22. The van der Waals surface area contributed by atoms with E-state index in [9.17, 15) is 5.11 Å². The fourth-order valence-corrected chi connectivity index (χ4v) is 3.45. The summed E-state index contributed by atoms with van der Waals surface area (Å²) in [4.78, 5) is 6.61. The fraction of sp³-hybridized carbons (Fsp3) is 0.471. The third kappa shape index (κ3) is 2.81. The summed E-state index contributed by atoms with van der Waals surface area (Å²) in [6.45, 7) is 0.835. The molecule has 0 spiro atoms. The van der Waals surface area contributed by atoms with E-state index in [4.69, 9.17) is 5.73 Å². The highest BCUT2D eigenvalue weighted by atomic mass is 16.3. The van der Waals surface area contributed by atoms with E-state index in [-0.39, 0.29) is 6.61 Å². The Morgan fingerprint density at radius 1 is 1.14 bits per heavy atom. The molecule has 0 atom stereocenters. The molecule has 3 N–H and O–H groups in total. The molecule has 3 rings (SSSR count). The molecule has 1 fully saturated rings. The molecule has 0 saturated heterocycles. The van der Waals surface area contributed by atoms with E-state index in [0.29, 0.717) is 12.6 Å². The Bertz CT molecular complexity index is 608. The first-order valence-corrected chi connectivity index (χ1v) is 7.81. The predicted octanol–water partition coefficient (Wildman–Crippen LogP) is 2.95. The minimum Gasteiger partial charge on any atom is -0.398 e. The lowest BCUT2D eigenvalue weighted by Gasteiger charge is -2.36. The van der Waals surface area contributed by atoms with Crippen LogP contribution in [-0.2, 0) is 0 Å². The Balaban J connectivity index is 2.04. The molecular formula is C17H23N3O. The maximum absolute atomic E-state index is 9.47. The molecular weight excluding hydrogens is 262 g/mol. The van der Waals surface area contributed by atoms with E-state index in [0.717, 1.165) is 22.1 Å². The number of benzene rings is 1. The smallest absolute Gasteiger partial charge is 0.0606 e. The minimum atomic E-state index is 0.169. The van der Waals surface area contributed by atoms with E-state index in [1.807, 2.05) is 18.3 Å². The summed E-state index contributed by atoms with van der Waals surface area (Å²) >= 11 is 0. The second-order valence-corrected chi connectivity index (χ2v) is 5.80. The summed E-state index contributed by atoms with van der Waals surface area (Å²) in [7, 11) is 0. The molecule has 1 aromatic carbocycles. The molecule has 0 amide bonds. The third-order valence-electron chi connectivity index (χ3n) is 4.49. The van der Waals surface area contributed by atoms with Gasteiger partial charge in [-0.25, -0.2) is 0 Å². The van der Waals surface area contributed by atoms with Crippen LogP contribution < -0.4 is 10.6 Å². The predicted molar refractivity (Wildman–Crippen MR) is 87.5 cm³/mol. The number of nitrogens with zero attached hydrogens (tertiary/aromatic N) is 2. The van der Waals surface area contributed by atoms with Gasteiger partial charge in [0.1, 0.15) is 0 Å². The van der Waals surface area contributed by atoms with Gasteiger partial charge in [0, 0.05) is 47.1 Å². The Labute approximate surface area is 125 Å². The zero-order chi connectivity index (χ0) is 14.7. The lowest BCUT2D eigenvalue weighted by Crippen LogP contribution is -2.39. The van der Waals surface area contributed by atoms with Crippen molar-refractivity contribution in [1.29, 1.82) is 0 Å². The molecule has 1 aliphatic rings. The van der Waals surface area contributed by atoms with Crippen LogP contribution in [0.1, 0.15) is 32.1 Å². The van der Waals surface area contributed by atoms with Crippen molar-refractivity contribution in [2.24, 2.45) is 0 Å². The summed E-state index contributed by atoms with van der Waals surface area (Å²) in [5.74, 6) is 0. The highest BCUT2D eigenvalue weighted by Crippen LogP contribution is 2.34. The molecule has 0 bridgehead atoms. The molecule has 112 valence electrons. The van der Waals surface area contributed by atoms with Gasteiger partial charge in [0.25, 0.3) is 0 Å². The maximum atomic E-state index is 9.47. The van der Waals surface area contributed by atoms with Crippen molar-refractivity contribution in [1.82, 2.24) is 4.98 Å². The molecule has 4 heteroatoms. The molecule has 1 aliphatic carbocycles. The van der Waals surface area contributed by atoms with Gasteiger partial charge in [-0.2, -0.15) is 0 Å². The summed E-state index contributed by atoms with van der Waals surface area (Å²) in [6, 6.07) is 6.51. The number of aromatic nitrogens is 1. The zero-order valence-electron chi connectivity index (χ0n) is 12.3. The van der Waals surface area contributed by atoms with Gasteiger partial charge in [0.15, 0.2) is 0 Å². The van der Waals surface area contributed by atoms with Crippen molar-refractivity contribution >= 4 is 22.1 Å². The number of anilines is 2. The number of fused-ring (bicyclic) bond motifs is 1. The monoisotopic (exact) mass is 285 g/mol. The second-order valence-electron chi connectivity index (χ2n) is 5.80. The summed E-state index contributed by atoms with van der Waals surface area (Å²) < 4.78 is 0. The lowest BCUT2D eigenvalue weighted by atomic mass is 9.93. The molecule has 4 nitrogen and oxygen atoms in total. The SMILES string of the molecule is Nc1ccc(N(CCO)C2CCCCC2)c2cnccc12. The van der Waals surface area contributed by atoms with Gasteiger partial charge < -0.3 is 15.7 Å². The van der Waals surface area contributed by atoms with Crippen LogP contribution in [0.5, 0.6) is 0 Å². The topological polar surface area (TPSA) is 62.4 Å². The quantitative estimate of drug-likeness (QED) is 0.848. The van der Waals surface area contributed by atoms with Crippen LogP contribution >= 0.6 is 0 Å². The number of nitrogens with two attached hydrogens (primary N) is 1. The van der Waals surface area contributed by atoms with Crippen LogP contribution in [0.25, 0.3) is 10.8 Å². The van der Waals surface area contributed by atoms with Gasteiger partial charge >= 0.3 is 0 Å². The Morgan fingerprint density at radius 2 is 1.95 bits per heavy atom. The number of pyridine rings is 1. The van der Waals surface area contributed by atoms with Crippen molar-refractivity contribution in [2.75, 3.05) is 23.8 Å². The average molecular weight is 285 g/mol. The normalized spacial score (nSPS) is 16.2.